The maximum Gasteiger partial charge on any atom is 0.216 e. The Morgan fingerprint density at radius 3 is 2.84 bits per heavy atom. The lowest BCUT2D eigenvalue weighted by Gasteiger charge is -2.03. The predicted molar refractivity (Wildman–Crippen MR) is 65.4 cm³/mol. The molecule has 1 aromatic carbocycles. The summed E-state index contributed by atoms with van der Waals surface area (Å²) >= 11 is 2.88. The van der Waals surface area contributed by atoms with E-state index in [0.29, 0.717) is 0 Å². The molecule has 2 aromatic rings. The van der Waals surface area contributed by atoms with Gasteiger partial charge in [-0.3, -0.25) is 0 Å². The number of nitrogens with one attached hydrogen (secondary N) is 2. The number of anilines is 1. The van der Waals surface area contributed by atoms with E-state index < -0.39 is 11.6 Å². The summed E-state index contributed by atoms with van der Waals surface area (Å²) in [6.07, 6.45) is 1.27. The van der Waals surface area contributed by atoms with Crippen molar-refractivity contribution < 1.29 is 8.78 Å². The first-order valence-corrected chi connectivity index (χ1v) is 5.66. The fraction of sp³-hybridized carbons (Fsp3) is 0. The number of hydrogen-bond acceptors (Lipinski definition) is 5. The number of tetrazole rings is 1. The third-order valence-electron chi connectivity index (χ3n) is 2.07. The number of allylic oxidation sites excluding steroid dienone is 1. The topological polar surface area (TPSA) is 90.3 Å². The predicted octanol–water partition coefficient (Wildman–Crippen LogP) is 2.22. The Kier molecular flexibility index (Phi) is 3.82. The molecule has 19 heavy (non-hydrogen) atoms. The van der Waals surface area contributed by atoms with Crippen molar-refractivity contribution in [2.24, 2.45) is 0 Å². The highest BCUT2D eigenvalue weighted by Crippen LogP contribution is 2.23. The number of hydrogen-bond donors (Lipinski definition) is 2. The molecule has 1 heterocycles. The van der Waals surface area contributed by atoms with Crippen molar-refractivity contribution in [3.05, 3.63) is 40.3 Å². The molecule has 2 N–H and O–H groups in total. The zero-order chi connectivity index (χ0) is 13.8. The second-order valence-electron chi connectivity index (χ2n) is 3.30. The molecular formula is C10H5BrF2N6. The van der Waals surface area contributed by atoms with Crippen LogP contribution in [0.15, 0.2) is 22.8 Å². The number of nitriles is 1. The molecule has 6 nitrogen and oxygen atoms in total. The van der Waals surface area contributed by atoms with Crippen molar-refractivity contribution in [1.29, 1.82) is 5.26 Å². The van der Waals surface area contributed by atoms with Gasteiger partial charge >= 0.3 is 0 Å². The Morgan fingerprint density at radius 2 is 2.26 bits per heavy atom. The van der Waals surface area contributed by atoms with Crippen molar-refractivity contribution in [1.82, 2.24) is 20.6 Å². The number of aromatic amines is 1. The third-order valence-corrected chi connectivity index (χ3v) is 2.65. The summed E-state index contributed by atoms with van der Waals surface area (Å²) in [6, 6.07) is 4.14. The first-order valence-electron chi connectivity index (χ1n) is 4.87. The van der Waals surface area contributed by atoms with E-state index in [2.05, 4.69) is 41.9 Å². The number of benzene rings is 1. The van der Waals surface area contributed by atoms with Crippen LogP contribution in [0, 0.1) is 23.0 Å². The Balaban J connectivity index is 2.25. The van der Waals surface area contributed by atoms with E-state index in [1.54, 1.807) is 0 Å². The summed E-state index contributed by atoms with van der Waals surface area (Å²) in [4.78, 5) is 0. The van der Waals surface area contributed by atoms with Crippen LogP contribution in [-0.2, 0) is 0 Å². The molecule has 0 saturated heterocycles. The molecule has 96 valence electrons. The van der Waals surface area contributed by atoms with Crippen molar-refractivity contribution in [3.8, 4) is 6.07 Å². The maximum atomic E-state index is 13.1. The monoisotopic (exact) mass is 326 g/mol. The molecule has 0 spiro atoms. The SMILES string of the molecule is N#CC(=CNc1cc(F)c(F)c(Br)c1)c1nn[nH]n1. The number of aromatic nitrogens is 4. The van der Waals surface area contributed by atoms with Gasteiger partial charge in [-0.2, -0.15) is 10.5 Å². The smallest absolute Gasteiger partial charge is 0.216 e. The zero-order valence-corrected chi connectivity index (χ0v) is 10.7. The first kappa shape index (κ1) is 13.1. The van der Waals surface area contributed by atoms with Crippen molar-refractivity contribution >= 4 is 27.2 Å². The lowest BCUT2D eigenvalue weighted by Crippen LogP contribution is -1.95. The summed E-state index contributed by atoms with van der Waals surface area (Å²) < 4.78 is 26.2. The van der Waals surface area contributed by atoms with Gasteiger partial charge in [0.1, 0.15) is 11.6 Å². The molecule has 0 fully saturated rings. The second kappa shape index (κ2) is 5.53. The van der Waals surface area contributed by atoms with Crippen LogP contribution < -0.4 is 5.32 Å². The largest absolute Gasteiger partial charge is 0.360 e. The average Bonchev–Trinajstić information content (AvgIpc) is 2.90. The molecule has 0 aliphatic heterocycles. The van der Waals surface area contributed by atoms with Crippen LogP contribution >= 0.6 is 15.9 Å². The lowest BCUT2D eigenvalue weighted by atomic mass is 10.2. The van der Waals surface area contributed by atoms with Gasteiger partial charge < -0.3 is 5.32 Å². The molecule has 0 aliphatic carbocycles. The summed E-state index contributed by atoms with van der Waals surface area (Å²) in [5.74, 6) is -1.90. The van der Waals surface area contributed by atoms with Crippen LogP contribution in [0.4, 0.5) is 14.5 Å². The normalized spacial score (nSPS) is 11.2. The number of halogens is 3. The van der Waals surface area contributed by atoms with Gasteiger partial charge in [-0.25, -0.2) is 8.78 Å². The fourth-order valence-corrected chi connectivity index (χ4v) is 1.65. The van der Waals surface area contributed by atoms with Crippen molar-refractivity contribution in [2.75, 3.05) is 5.32 Å². The number of nitrogens with zero attached hydrogens (tertiary/aromatic N) is 4. The molecular weight excluding hydrogens is 322 g/mol. The number of rotatable bonds is 3. The number of H-pyrrole nitrogens is 1. The van der Waals surface area contributed by atoms with Gasteiger partial charge in [0.15, 0.2) is 11.6 Å². The van der Waals surface area contributed by atoms with Gasteiger partial charge in [0, 0.05) is 18.0 Å². The molecule has 0 aliphatic rings. The van der Waals surface area contributed by atoms with Crippen LogP contribution in [0.2, 0.25) is 0 Å². The van der Waals surface area contributed by atoms with E-state index in [4.69, 9.17) is 5.26 Å². The van der Waals surface area contributed by atoms with E-state index in [0.717, 1.165) is 6.07 Å². The standard InChI is InChI=1S/C10H5BrF2N6/c11-7-1-6(2-8(12)9(7)13)15-4-5(3-14)10-16-18-19-17-10/h1-2,4,15H,(H,16,17,18,19). The summed E-state index contributed by atoms with van der Waals surface area (Å²) in [6.45, 7) is 0. The minimum atomic E-state index is -1.01. The lowest BCUT2D eigenvalue weighted by molar-refractivity contribution is 0.505. The van der Waals surface area contributed by atoms with E-state index in [9.17, 15) is 8.78 Å². The second-order valence-corrected chi connectivity index (χ2v) is 4.16. The Bertz CT molecular complexity index is 638. The van der Waals surface area contributed by atoms with Gasteiger partial charge in [0.2, 0.25) is 5.82 Å². The Hall–Kier alpha value is -2.34. The molecule has 0 radical (unpaired) electrons. The van der Waals surface area contributed by atoms with Crippen LogP contribution in [-0.4, -0.2) is 20.6 Å². The fourth-order valence-electron chi connectivity index (χ4n) is 1.22. The third kappa shape index (κ3) is 2.92. The van der Waals surface area contributed by atoms with Crippen molar-refractivity contribution in [3.63, 3.8) is 0 Å². The molecule has 0 bridgehead atoms. The van der Waals surface area contributed by atoms with Crippen LogP contribution in [0.1, 0.15) is 5.82 Å². The van der Waals surface area contributed by atoms with Gasteiger partial charge in [-0.1, -0.05) is 0 Å². The highest BCUT2D eigenvalue weighted by atomic mass is 79.9. The van der Waals surface area contributed by atoms with E-state index in [1.165, 1.54) is 12.3 Å². The average molecular weight is 327 g/mol. The Morgan fingerprint density at radius 1 is 1.47 bits per heavy atom. The summed E-state index contributed by atoms with van der Waals surface area (Å²) in [5, 5.41) is 24.3. The highest BCUT2D eigenvalue weighted by molar-refractivity contribution is 9.10. The molecule has 1 aromatic heterocycles. The van der Waals surface area contributed by atoms with E-state index in [-0.39, 0.29) is 21.6 Å². The minimum absolute atomic E-state index is 0.0264. The summed E-state index contributed by atoms with van der Waals surface area (Å²) in [5.41, 5.74) is 0.358. The van der Waals surface area contributed by atoms with Gasteiger partial charge in [-0.15, -0.1) is 10.2 Å². The van der Waals surface area contributed by atoms with Crippen LogP contribution in [0.25, 0.3) is 5.57 Å². The summed E-state index contributed by atoms with van der Waals surface area (Å²) in [7, 11) is 0. The molecule has 2 rings (SSSR count). The molecule has 0 unspecified atom stereocenters. The zero-order valence-electron chi connectivity index (χ0n) is 9.15. The molecule has 0 atom stereocenters. The van der Waals surface area contributed by atoms with Gasteiger partial charge in [0.25, 0.3) is 0 Å². The van der Waals surface area contributed by atoms with Crippen LogP contribution in [0.5, 0.6) is 0 Å². The Labute approximate surface area is 114 Å². The first-order chi connectivity index (χ1) is 9.11. The van der Waals surface area contributed by atoms with Crippen LogP contribution in [0.3, 0.4) is 0 Å². The highest BCUT2D eigenvalue weighted by Gasteiger charge is 2.09. The van der Waals surface area contributed by atoms with Gasteiger partial charge in [-0.05, 0) is 27.2 Å². The van der Waals surface area contributed by atoms with E-state index in [1.807, 2.05) is 6.07 Å². The molecule has 0 saturated carbocycles. The molecule has 0 amide bonds. The molecule has 9 heteroatoms. The maximum absolute atomic E-state index is 13.1. The van der Waals surface area contributed by atoms with Gasteiger partial charge in [0.05, 0.1) is 4.47 Å². The van der Waals surface area contributed by atoms with E-state index >= 15 is 0 Å². The minimum Gasteiger partial charge on any atom is -0.360 e. The quantitative estimate of drug-likeness (QED) is 0.666. The van der Waals surface area contributed by atoms with Crippen molar-refractivity contribution in [2.45, 2.75) is 0 Å².